The quantitative estimate of drug-likeness (QED) is 0.0638. The number of nitrogens with zero attached hydrogens (tertiary/aromatic N) is 3. The number of rotatable bonds is 10. The first-order valence-corrected chi connectivity index (χ1v) is 15.2. The third-order valence-corrected chi connectivity index (χ3v) is 6.61. The Labute approximate surface area is 285 Å². The number of carbonyl (C=O) groups excluding carboxylic acids is 3. The molecule has 0 bridgehead atoms. The number of aromatic carboxylic acids is 1. The number of fused-ring (bicyclic) bond motifs is 1. The van der Waals surface area contributed by atoms with Crippen molar-refractivity contribution in [3.63, 3.8) is 0 Å². The lowest BCUT2D eigenvalue weighted by atomic mass is 10.1. The number of nitrogens with one attached hydrogen (secondary N) is 3. The maximum absolute atomic E-state index is 13.8. The molecular formula is C34H37ClFN6O5P. The molecule has 4 rings (SSSR count). The van der Waals surface area contributed by atoms with Crippen molar-refractivity contribution >= 4 is 56.0 Å². The number of halogens is 2. The van der Waals surface area contributed by atoms with Crippen molar-refractivity contribution in [2.24, 2.45) is 0 Å². The van der Waals surface area contributed by atoms with Gasteiger partial charge in [-0.1, -0.05) is 48.6 Å². The smallest absolute Gasteiger partial charge is 0.335 e. The minimum absolute atomic E-state index is 0.00736. The van der Waals surface area contributed by atoms with E-state index < -0.39 is 23.6 Å². The minimum atomic E-state index is -1.02. The summed E-state index contributed by atoms with van der Waals surface area (Å²) in [5.74, 6) is -1.84. The van der Waals surface area contributed by atoms with Gasteiger partial charge in [-0.05, 0) is 42.7 Å². The van der Waals surface area contributed by atoms with Crippen LogP contribution in [0.25, 0.3) is 5.65 Å². The largest absolute Gasteiger partial charge is 0.478 e. The molecule has 0 saturated heterocycles. The van der Waals surface area contributed by atoms with Crippen LogP contribution in [-0.2, 0) is 17.9 Å². The Morgan fingerprint density at radius 2 is 1.65 bits per heavy atom. The summed E-state index contributed by atoms with van der Waals surface area (Å²) in [4.78, 5) is 50.2. The number of terminal acetylenes is 1. The Kier molecular flexibility index (Phi) is 18.8. The average Bonchev–Trinajstić information content (AvgIpc) is 3.57. The van der Waals surface area contributed by atoms with Gasteiger partial charge >= 0.3 is 5.97 Å². The Morgan fingerprint density at radius 3 is 2.21 bits per heavy atom. The Balaban J connectivity index is 0.000000758. The number of carboxylic acids is 1. The number of amides is 3. The molecule has 4 aromatic rings. The SMILES string of the molecule is C#C.C/C=C\C=C/CCl.CNC=O.Cc1cc(CNC(=O)c2cc(C(=O)NCc3ccc(P)c(F)c3)nc3ccnn23)ccc1C(=O)O. The van der Waals surface area contributed by atoms with Gasteiger partial charge in [0.1, 0.15) is 17.2 Å². The number of benzene rings is 2. The molecule has 0 aliphatic heterocycles. The van der Waals surface area contributed by atoms with Crippen LogP contribution >= 0.6 is 20.8 Å². The summed E-state index contributed by atoms with van der Waals surface area (Å²) in [6, 6.07) is 12.3. The number of carbonyl (C=O) groups is 4. The lowest BCUT2D eigenvalue weighted by molar-refractivity contribution is -0.109. The van der Waals surface area contributed by atoms with Gasteiger partial charge in [-0.25, -0.2) is 18.7 Å². The molecule has 3 amide bonds. The molecule has 0 aliphatic carbocycles. The van der Waals surface area contributed by atoms with Crippen molar-refractivity contribution in [3.8, 4) is 12.8 Å². The highest BCUT2D eigenvalue weighted by Gasteiger charge is 2.18. The van der Waals surface area contributed by atoms with Crippen LogP contribution in [0.5, 0.6) is 0 Å². The Morgan fingerprint density at radius 1 is 1.02 bits per heavy atom. The van der Waals surface area contributed by atoms with Crippen molar-refractivity contribution in [1.29, 1.82) is 0 Å². The van der Waals surface area contributed by atoms with Crippen LogP contribution in [0, 0.1) is 25.6 Å². The first-order chi connectivity index (χ1) is 23.1. The molecule has 252 valence electrons. The van der Waals surface area contributed by atoms with E-state index >= 15 is 0 Å². The van der Waals surface area contributed by atoms with Crippen molar-refractivity contribution < 1.29 is 28.7 Å². The van der Waals surface area contributed by atoms with Crippen LogP contribution in [0.4, 0.5) is 4.39 Å². The summed E-state index contributed by atoms with van der Waals surface area (Å²) in [7, 11) is 3.85. The van der Waals surface area contributed by atoms with E-state index in [0.717, 1.165) is 0 Å². The fourth-order valence-electron chi connectivity index (χ4n) is 3.73. The van der Waals surface area contributed by atoms with E-state index in [1.807, 2.05) is 31.2 Å². The van der Waals surface area contributed by atoms with E-state index in [-0.39, 0.29) is 30.0 Å². The first-order valence-electron chi connectivity index (χ1n) is 14.1. The van der Waals surface area contributed by atoms with Crippen molar-refractivity contribution in [2.45, 2.75) is 26.9 Å². The predicted octanol–water partition coefficient (Wildman–Crippen LogP) is 4.20. The Bertz CT molecular complexity index is 1770. The van der Waals surface area contributed by atoms with Gasteiger partial charge in [0.15, 0.2) is 5.65 Å². The summed E-state index contributed by atoms with van der Waals surface area (Å²) in [6.07, 6.45) is 17.8. The third-order valence-electron chi connectivity index (χ3n) is 5.96. The molecule has 0 saturated carbocycles. The minimum Gasteiger partial charge on any atom is -0.478 e. The Hall–Kier alpha value is -5.37. The van der Waals surface area contributed by atoms with E-state index in [1.54, 1.807) is 44.3 Å². The summed E-state index contributed by atoms with van der Waals surface area (Å²) in [6.45, 7) is 3.88. The number of aromatic nitrogens is 3. The normalized spacial score (nSPS) is 10.1. The number of carboxylic acid groups (broad SMARTS) is 1. The van der Waals surface area contributed by atoms with Crippen molar-refractivity contribution in [3.05, 3.63) is 118 Å². The first kappa shape index (κ1) is 40.7. The number of allylic oxidation sites excluding steroid dienone is 4. The van der Waals surface area contributed by atoms with Gasteiger partial charge in [0.25, 0.3) is 11.8 Å². The summed E-state index contributed by atoms with van der Waals surface area (Å²) < 4.78 is 15.1. The molecule has 0 spiro atoms. The third kappa shape index (κ3) is 13.2. The monoisotopic (exact) mass is 694 g/mol. The van der Waals surface area contributed by atoms with E-state index in [9.17, 15) is 18.8 Å². The predicted molar refractivity (Wildman–Crippen MR) is 189 cm³/mol. The van der Waals surface area contributed by atoms with Gasteiger partial charge in [0, 0.05) is 43.5 Å². The highest BCUT2D eigenvalue weighted by atomic mass is 35.5. The topological polar surface area (TPSA) is 155 Å². The van der Waals surface area contributed by atoms with Crippen LogP contribution in [0.15, 0.2) is 79.0 Å². The maximum Gasteiger partial charge on any atom is 0.335 e. The zero-order valence-electron chi connectivity index (χ0n) is 26.6. The molecule has 48 heavy (non-hydrogen) atoms. The molecule has 2 heterocycles. The summed E-state index contributed by atoms with van der Waals surface area (Å²) in [5, 5.41) is 21.4. The second-order valence-corrected chi connectivity index (χ2v) is 10.2. The number of hydrogen-bond acceptors (Lipinski definition) is 6. The van der Waals surface area contributed by atoms with Gasteiger partial charge < -0.3 is 21.1 Å². The molecule has 0 aliphatic rings. The number of alkyl halides is 1. The molecule has 1 atom stereocenters. The fraction of sp³-hybridized carbons (Fsp3) is 0.176. The van der Waals surface area contributed by atoms with Crippen LogP contribution in [0.2, 0.25) is 0 Å². The van der Waals surface area contributed by atoms with Gasteiger partial charge in [-0.15, -0.1) is 33.7 Å². The zero-order chi connectivity index (χ0) is 36.1. The fourth-order valence-corrected chi connectivity index (χ4v) is 4.02. The van der Waals surface area contributed by atoms with Gasteiger partial charge in [-0.3, -0.25) is 14.4 Å². The average molecular weight is 695 g/mol. The molecule has 2 aromatic carbocycles. The van der Waals surface area contributed by atoms with Gasteiger partial charge in [-0.2, -0.15) is 5.10 Å². The lowest BCUT2D eigenvalue weighted by Crippen LogP contribution is -2.28. The van der Waals surface area contributed by atoms with Crippen LogP contribution in [0.1, 0.15) is 54.9 Å². The van der Waals surface area contributed by atoms with E-state index in [1.165, 1.54) is 28.9 Å². The van der Waals surface area contributed by atoms with Gasteiger partial charge in [0.05, 0.1) is 11.8 Å². The highest BCUT2D eigenvalue weighted by molar-refractivity contribution is 7.27. The number of hydrogen-bond donors (Lipinski definition) is 4. The second-order valence-electron chi connectivity index (χ2n) is 9.32. The second kappa shape index (κ2) is 22.2. The summed E-state index contributed by atoms with van der Waals surface area (Å²) in [5.41, 5.74) is 2.48. The molecule has 4 N–H and O–H groups in total. The zero-order valence-corrected chi connectivity index (χ0v) is 28.5. The van der Waals surface area contributed by atoms with E-state index in [2.05, 4.69) is 48.1 Å². The highest BCUT2D eigenvalue weighted by Crippen LogP contribution is 2.13. The summed E-state index contributed by atoms with van der Waals surface area (Å²) >= 11 is 5.32. The standard InChI is InChI=1S/C24H21FN5O4P.C6H9Cl.C2H5NO.C2H2/c1-13-8-14(2-4-16(13)24(33)34)11-27-23(32)19-10-18(29-21-6-7-28-30(19)21)22(31)26-12-15-3-5-20(35)17(25)9-15;1-2-3-4-5-6-7;1-3-2-4;1-2/h2-10H,11-12,35H2,1H3,(H,26,31)(H,27,32)(H,33,34);2-5H,6H2,1H3;2H,1H3,(H,3,4);1-2H/b;3-2-,5-4-;;. The molecule has 2 aromatic heterocycles. The van der Waals surface area contributed by atoms with Crippen LogP contribution < -0.4 is 21.3 Å². The van der Waals surface area contributed by atoms with E-state index in [0.29, 0.717) is 39.9 Å². The molecule has 14 heteroatoms. The lowest BCUT2D eigenvalue weighted by Gasteiger charge is -2.11. The van der Waals surface area contributed by atoms with Gasteiger partial charge in [0.2, 0.25) is 6.41 Å². The molecule has 0 fully saturated rings. The molecular weight excluding hydrogens is 658 g/mol. The molecule has 1 unspecified atom stereocenters. The van der Waals surface area contributed by atoms with Crippen molar-refractivity contribution in [1.82, 2.24) is 30.5 Å². The molecule has 11 nitrogen and oxygen atoms in total. The van der Waals surface area contributed by atoms with Crippen molar-refractivity contribution in [2.75, 3.05) is 12.9 Å². The van der Waals surface area contributed by atoms with Crippen LogP contribution in [-0.4, -0.2) is 56.8 Å². The van der Waals surface area contributed by atoms with Crippen LogP contribution in [0.3, 0.4) is 0 Å². The maximum atomic E-state index is 13.8. The number of aryl methyl sites for hydroxylation is 1. The van der Waals surface area contributed by atoms with E-state index in [4.69, 9.17) is 21.5 Å². The molecule has 0 radical (unpaired) electrons.